The SMILES string of the molecule is CCCNC(c1cnnn1C)C1CCC(C(F)(F)F)CC1. The lowest BCUT2D eigenvalue weighted by molar-refractivity contribution is -0.184. The summed E-state index contributed by atoms with van der Waals surface area (Å²) < 4.78 is 40.0. The monoisotopic (exact) mass is 304 g/mol. The summed E-state index contributed by atoms with van der Waals surface area (Å²) >= 11 is 0. The molecule has 1 aromatic rings. The van der Waals surface area contributed by atoms with Gasteiger partial charge in [-0.25, -0.2) is 0 Å². The van der Waals surface area contributed by atoms with Gasteiger partial charge in [-0.2, -0.15) is 13.2 Å². The summed E-state index contributed by atoms with van der Waals surface area (Å²) in [5.74, 6) is -0.919. The van der Waals surface area contributed by atoms with Crippen molar-refractivity contribution in [3.05, 3.63) is 11.9 Å². The number of aromatic nitrogens is 3. The predicted molar refractivity (Wildman–Crippen MR) is 73.5 cm³/mol. The quantitative estimate of drug-likeness (QED) is 0.908. The van der Waals surface area contributed by atoms with E-state index < -0.39 is 12.1 Å². The van der Waals surface area contributed by atoms with Crippen LogP contribution >= 0.6 is 0 Å². The van der Waals surface area contributed by atoms with Crippen LogP contribution in [0, 0.1) is 11.8 Å². The average molecular weight is 304 g/mol. The largest absolute Gasteiger partial charge is 0.391 e. The Bertz CT molecular complexity index is 436. The van der Waals surface area contributed by atoms with Gasteiger partial charge in [-0.1, -0.05) is 12.1 Å². The van der Waals surface area contributed by atoms with Crippen LogP contribution in [-0.4, -0.2) is 27.7 Å². The minimum Gasteiger partial charge on any atom is -0.308 e. The Hall–Kier alpha value is -1.11. The third-order valence-corrected chi connectivity index (χ3v) is 4.39. The third kappa shape index (κ3) is 3.96. The molecule has 0 saturated heterocycles. The first-order chi connectivity index (χ1) is 9.93. The summed E-state index contributed by atoms with van der Waals surface area (Å²) in [6.45, 7) is 2.92. The Kier molecular flexibility index (Phi) is 5.24. The second-order valence-corrected chi connectivity index (χ2v) is 5.87. The second kappa shape index (κ2) is 6.77. The number of halogens is 3. The molecule has 1 saturated carbocycles. The highest BCUT2D eigenvalue weighted by Gasteiger charge is 2.42. The fourth-order valence-corrected chi connectivity index (χ4v) is 3.17. The number of alkyl halides is 3. The van der Waals surface area contributed by atoms with Gasteiger partial charge in [0.1, 0.15) is 0 Å². The smallest absolute Gasteiger partial charge is 0.308 e. The fourth-order valence-electron chi connectivity index (χ4n) is 3.17. The first kappa shape index (κ1) is 16.3. The van der Waals surface area contributed by atoms with Crippen LogP contribution in [0.3, 0.4) is 0 Å². The van der Waals surface area contributed by atoms with Crippen LogP contribution in [-0.2, 0) is 7.05 Å². The van der Waals surface area contributed by atoms with Gasteiger partial charge >= 0.3 is 6.18 Å². The van der Waals surface area contributed by atoms with Gasteiger partial charge in [0.15, 0.2) is 0 Å². The minimum atomic E-state index is -4.05. The van der Waals surface area contributed by atoms with Crippen molar-refractivity contribution < 1.29 is 13.2 Å². The van der Waals surface area contributed by atoms with E-state index in [2.05, 4.69) is 22.6 Å². The average Bonchev–Trinajstić information content (AvgIpc) is 2.85. The van der Waals surface area contributed by atoms with Crippen molar-refractivity contribution in [3.63, 3.8) is 0 Å². The van der Waals surface area contributed by atoms with Crippen LogP contribution in [0.1, 0.15) is 50.8 Å². The van der Waals surface area contributed by atoms with E-state index in [0.717, 1.165) is 18.7 Å². The van der Waals surface area contributed by atoms with Gasteiger partial charge in [0.2, 0.25) is 0 Å². The molecule has 0 amide bonds. The Labute approximate surface area is 123 Å². The molecule has 1 aromatic heterocycles. The number of nitrogens with zero attached hydrogens (tertiary/aromatic N) is 3. The molecule has 4 nitrogen and oxygen atoms in total. The number of hydrogen-bond acceptors (Lipinski definition) is 3. The van der Waals surface area contributed by atoms with Crippen LogP contribution < -0.4 is 5.32 Å². The molecule has 0 radical (unpaired) electrons. The van der Waals surface area contributed by atoms with E-state index in [1.807, 2.05) is 7.05 Å². The van der Waals surface area contributed by atoms with Gasteiger partial charge < -0.3 is 5.32 Å². The van der Waals surface area contributed by atoms with Crippen LogP contribution in [0.15, 0.2) is 6.20 Å². The molecule has 21 heavy (non-hydrogen) atoms. The Morgan fingerprint density at radius 3 is 2.48 bits per heavy atom. The van der Waals surface area contributed by atoms with Crippen molar-refractivity contribution in [1.29, 1.82) is 0 Å². The lowest BCUT2D eigenvalue weighted by atomic mass is 9.77. The van der Waals surface area contributed by atoms with Crippen molar-refractivity contribution in [2.24, 2.45) is 18.9 Å². The summed E-state index contributed by atoms with van der Waals surface area (Å²) in [5, 5.41) is 11.3. The first-order valence-corrected chi connectivity index (χ1v) is 7.58. The zero-order valence-corrected chi connectivity index (χ0v) is 12.5. The zero-order valence-electron chi connectivity index (χ0n) is 12.5. The number of hydrogen-bond donors (Lipinski definition) is 1. The molecule has 1 aliphatic rings. The van der Waals surface area contributed by atoms with E-state index >= 15 is 0 Å². The predicted octanol–water partition coefficient (Wildman–Crippen LogP) is 3.22. The van der Waals surface area contributed by atoms with Crippen molar-refractivity contribution >= 4 is 0 Å². The molecular formula is C14H23F3N4. The summed E-state index contributed by atoms with van der Waals surface area (Å²) in [6, 6.07) is 0.0409. The summed E-state index contributed by atoms with van der Waals surface area (Å²) in [4.78, 5) is 0. The minimum absolute atomic E-state index is 0.0409. The first-order valence-electron chi connectivity index (χ1n) is 7.58. The number of rotatable bonds is 5. The van der Waals surface area contributed by atoms with E-state index in [1.165, 1.54) is 0 Å². The fraction of sp³-hybridized carbons (Fsp3) is 0.857. The molecule has 120 valence electrons. The molecule has 2 rings (SSSR count). The topological polar surface area (TPSA) is 42.7 Å². The normalized spacial score (nSPS) is 25.0. The van der Waals surface area contributed by atoms with Gasteiger partial charge in [0, 0.05) is 7.05 Å². The van der Waals surface area contributed by atoms with E-state index in [-0.39, 0.29) is 24.8 Å². The van der Waals surface area contributed by atoms with E-state index in [4.69, 9.17) is 0 Å². The van der Waals surface area contributed by atoms with Crippen molar-refractivity contribution in [2.75, 3.05) is 6.54 Å². The molecule has 0 aliphatic heterocycles. The van der Waals surface area contributed by atoms with Crippen LogP contribution in [0.25, 0.3) is 0 Å². The van der Waals surface area contributed by atoms with E-state index in [1.54, 1.807) is 10.9 Å². The van der Waals surface area contributed by atoms with Crippen molar-refractivity contribution in [2.45, 2.75) is 51.2 Å². The molecule has 1 N–H and O–H groups in total. The summed E-state index contributed by atoms with van der Waals surface area (Å²) in [5.41, 5.74) is 0.957. The number of aryl methyl sites for hydroxylation is 1. The molecule has 0 spiro atoms. The number of nitrogens with one attached hydrogen (secondary N) is 1. The maximum Gasteiger partial charge on any atom is 0.391 e. The molecular weight excluding hydrogens is 281 g/mol. The third-order valence-electron chi connectivity index (χ3n) is 4.39. The molecule has 7 heteroatoms. The Balaban J connectivity index is 2.04. The highest BCUT2D eigenvalue weighted by molar-refractivity contribution is 5.05. The van der Waals surface area contributed by atoms with Crippen LogP contribution in [0.5, 0.6) is 0 Å². The summed E-state index contributed by atoms with van der Waals surface area (Å²) in [7, 11) is 1.82. The molecule has 0 aromatic carbocycles. The van der Waals surface area contributed by atoms with Gasteiger partial charge in [-0.15, -0.1) is 5.10 Å². The standard InChI is InChI=1S/C14H23F3N4/c1-3-8-18-13(12-9-19-20-21(12)2)10-4-6-11(7-5-10)14(15,16)17/h9-11,13,18H,3-8H2,1-2H3. The van der Waals surface area contributed by atoms with Gasteiger partial charge in [-0.3, -0.25) is 4.68 Å². The van der Waals surface area contributed by atoms with Gasteiger partial charge in [0.05, 0.1) is 23.9 Å². The highest BCUT2D eigenvalue weighted by atomic mass is 19.4. The Morgan fingerprint density at radius 1 is 1.33 bits per heavy atom. The van der Waals surface area contributed by atoms with Gasteiger partial charge in [0.25, 0.3) is 0 Å². The molecule has 1 aliphatic carbocycles. The summed E-state index contributed by atoms with van der Waals surface area (Å²) in [6.07, 6.45) is 0.287. The van der Waals surface area contributed by atoms with E-state index in [0.29, 0.717) is 12.8 Å². The van der Waals surface area contributed by atoms with Crippen LogP contribution in [0.2, 0.25) is 0 Å². The maximum atomic E-state index is 12.8. The molecule has 1 unspecified atom stereocenters. The van der Waals surface area contributed by atoms with Crippen LogP contribution in [0.4, 0.5) is 13.2 Å². The Morgan fingerprint density at radius 2 is 2.00 bits per heavy atom. The second-order valence-electron chi connectivity index (χ2n) is 5.87. The van der Waals surface area contributed by atoms with E-state index in [9.17, 15) is 13.2 Å². The zero-order chi connectivity index (χ0) is 15.5. The van der Waals surface area contributed by atoms with Gasteiger partial charge in [-0.05, 0) is 44.6 Å². The molecule has 1 atom stereocenters. The lowest BCUT2D eigenvalue weighted by Crippen LogP contribution is -2.35. The maximum absolute atomic E-state index is 12.8. The van der Waals surface area contributed by atoms with Crippen molar-refractivity contribution in [1.82, 2.24) is 20.3 Å². The molecule has 0 bridgehead atoms. The molecule has 1 heterocycles. The molecule has 1 fully saturated rings. The highest BCUT2D eigenvalue weighted by Crippen LogP contribution is 2.42. The van der Waals surface area contributed by atoms with Crippen molar-refractivity contribution in [3.8, 4) is 0 Å². The lowest BCUT2D eigenvalue weighted by Gasteiger charge is -2.35.